The van der Waals surface area contributed by atoms with Gasteiger partial charge in [-0.2, -0.15) is 0 Å². The van der Waals surface area contributed by atoms with Gasteiger partial charge in [0.1, 0.15) is 18.0 Å². The molecule has 10 heteroatoms. The van der Waals surface area contributed by atoms with Crippen molar-refractivity contribution in [2.24, 2.45) is 0 Å². The van der Waals surface area contributed by atoms with Gasteiger partial charge in [-0.3, -0.25) is 19.7 Å². The Kier molecular flexibility index (Phi) is 9.27. The molecular formula is C22H27N3O7. The maximum absolute atomic E-state index is 12.8. The van der Waals surface area contributed by atoms with Crippen LogP contribution in [0.15, 0.2) is 42.5 Å². The van der Waals surface area contributed by atoms with E-state index in [1.165, 1.54) is 38.4 Å². The number of carbonyl (C=O) groups excluding carboxylic acids is 2. The number of hydrogen-bond donors (Lipinski definition) is 1. The topological polar surface area (TPSA) is 120 Å². The van der Waals surface area contributed by atoms with Gasteiger partial charge in [0.2, 0.25) is 5.91 Å². The van der Waals surface area contributed by atoms with Crippen LogP contribution in [0.4, 0.5) is 11.4 Å². The predicted molar refractivity (Wildman–Crippen MR) is 118 cm³/mol. The Morgan fingerprint density at radius 3 is 2.19 bits per heavy atom. The number of ether oxygens (including phenoxy) is 3. The van der Waals surface area contributed by atoms with Crippen molar-refractivity contribution in [2.75, 3.05) is 39.7 Å². The summed E-state index contributed by atoms with van der Waals surface area (Å²) < 4.78 is 15.3. The predicted octanol–water partition coefficient (Wildman–Crippen LogP) is 3.01. The number of esters is 1. The Labute approximate surface area is 186 Å². The molecule has 0 heterocycles. The zero-order valence-electron chi connectivity index (χ0n) is 18.3. The highest BCUT2D eigenvalue weighted by atomic mass is 16.6. The molecule has 2 aromatic rings. The first-order chi connectivity index (χ1) is 15.4. The van der Waals surface area contributed by atoms with Gasteiger partial charge in [0.05, 0.1) is 26.3 Å². The molecule has 10 nitrogen and oxygen atoms in total. The molecule has 0 aliphatic heterocycles. The summed E-state index contributed by atoms with van der Waals surface area (Å²) in [7, 11) is 4.34. The minimum atomic E-state index is -0.516. The number of non-ortho nitro benzene ring substituents is 1. The third-order valence-corrected chi connectivity index (χ3v) is 4.66. The molecule has 0 saturated heterocycles. The molecule has 0 aromatic heterocycles. The summed E-state index contributed by atoms with van der Waals surface area (Å²) in [6, 6.07) is 11.3. The number of nitro benzene ring substituents is 1. The highest BCUT2D eigenvalue weighted by molar-refractivity contribution is 5.82. The molecule has 0 radical (unpaired) electrons. The van der Waals surface area contributed by atoms with Gasteiger partial charge in [-0.1, -0.05) is 0 Å². The van der Waals surface area contributed by atoms with Crippen LogP contribution in [0.3, 0.4) is 0 Å². The van der Waals surface area contributed by atoms with Gasteiger partial charge in [0, 0.05) is 43.4 Å². The highest BCUT2D eigenvalue weighted by Crippen LogP contribution is 2.24. The van der Waals surface area contributed by atoms with Crippen molar-refractivity contribution in [1.29, 1.82) is 0 Å². The SMILES string of the molecule is COC(=O)CN(Cc1cc(OC)cc(OC)c1)C(=O)CCCNc1ccc([N+](=O)[O-])cc1. The molecule has 32 heavy (non-hydrogen) atoms. The van der Waals surface area contributed by atoms with Crippen molar-refractivity contribution in [3.05, 3.63) is 58.1 Å². The van der Waals surface area contributed by atoms with Gasteiger partial charge in [-0.15, -0.1) is 0 Å². The van der Waals surface area contributed by atoms with Gasteiger partial charge >= 0.3 is 5.97 Å². The number of amides is 1. The second kappa shape index (κ2) is 12.1. The molecule has 2 rings (SSSR count). The van der Waals surface area contributed by atoms with Crippen LogP contribution >= 0.6 is 0 Å². The number of hydrogen-bond acceptors (Lipinski definition) is 8. The van der Waals surface area contributed by atoms with E-state index < -0.39 is 10.9 Å². The summed E-state index contributed by atoms with van der Waals surface area (Å²) in [6.45, 7) is 0.504. The van der Waals surface area contributed by atoms with E-state index in [2.05, 4.69) is 5.32 Å². The minimum Gasteiger partial charge on any atom is -0.497 e. The van der Waals surface area contributed by atoms with E-state index in [9.17, 15) is 19.7 Å². The number of carbonyl (C=O) groups is 2. The van der Waals surface area contributed by atoms with Crippen LogP contribution in [0.1, 0.15) is 18.4 Å². The Morgan fingerprint density at radius 2 is 1.66 bits per heavy atom. The van der Waals surface area contributed by atoms with Crippen LogP contribution in [0.25, 0.3) is 0 Å². The quantitative estimate of drug-likeness (QED) is 0.229. The lowest BCUT2D eigenvalue weighted by Gasteiger charge is -2.22. The highest BCUT2D eigenvalue weighted by Gasteiger charge is 2.18. The molecule has 1 N–H and O–H groups in total. The first kappa shape index (κ1) is 24.4. The van der Waals surface area contributed by atoms with Crippen LogP contribution in [-0.4, -0.2) is 56.1 Å². The number of nitrogens with zero attached hydrogens (tertiary/aromatic N) is 2. The maximum Gasteiger partial charge on any atom is 0.325 e. The Morgan fingerprint density at radius 1 is 1.03 bits per heavy atom. The summed E-state index contributed by atoms with van der Waals surface area (Å²) in [5, 5.41) is 13.8. The molecular weight excluding hydrogens is 418 g/mol. The number of anilines is 1. The Bertz CT molecular complexity index is 909. The van der Waals surface area contributed by atoms with E-state index in [1.807, 2.05) is 0 Å². The number of methoxy groups -OCH3 is 3. The van der Waals surface area contributed by atoms with Crippen molar-refractivity contribution in [1.82, 2.24) is 4.90 Å². The van der Waals surface area contributed by atoms with Gasteiger partial charge in [0.15, 0.2) is 0 Å². The fourth-order valence-corrected chi connectivity index (χ4v) is 2.96. The lowest BCUT2D eigenvalue weighted by Crippen LogP contribution is -2.35. The molecule has 1 amide bonds. The van der Waals surface area contributed by atoms with E-state index >= 15 is 0 Å². The van der Waals surface area contributed by atoms with Crippen LogP contribution in [0.5, 0.6) is 11.5 Å². The summed E-state index contributed by atoms with van der Waals surface area (Å²) in [4.78, 5) is 36.3. The van der Waals surface area contributed by atoms with E-state index in [0.29, 0.717) is 24.5 Å². The average Bonchev–Trinajstić information content (AvgIpc) is 2.81. The molecule has 0 saturated carbocycles. The largest absolute Gasteiger partial charge is 0.497 e. The standard InChI is InChI=1S/C22H27N3O7/c1-30-19-11-16(12-20(13-19)31-2)14-24(15-22(27)32-3)21(26)5-4-10-23-17-6-8-18(9-7-17)25(28)29/h6-9,11-13,23H,4-5,10,14-15H2,1-3H3. The fraction of sp³-hybridized carbons (Fsp3) is 0.364. The van der Waals surface area contributed by atoms with Crippen LogP contribution < -0.4 is 14.8 Å². The van der Waals surface area contributed by atoms with Crippen LogP contribution in [-0.2, 0) is 20.9 Å². The zero-order valence-corrected chi connectivity index (χ0v) is 18.3. The summed E-state index contributed by atoms with van der Waals surface area (Å²) in [5.74, 6) is 0.439. The normalized spacial score (nSPS) is 10.2. The minimum absolute atomic E-state index is 0.0124. The van der Waals surface area contributed by atoms with Crippen molar-refractivity contribution in [3.63, 3.8) is 0 Å². The fourth-order valence-electron chi connectivity index (χ4n) is 2.96. The second-order valence-corrected chi connectivity index (χ2v) is 6.88. The first-order valence-corrected chi connectivity index (χ1v) is 9.91. The number of nitro groups is 1. The zero-order chi connectivity index (χ0) is 23.5. The van der Waals surface area contributed by atoms with Crippen molar-refractivity contribution >= 4 is 23.3 Å². The first-order valence-electron chi connectivity index (χ1n) is 9.91. The smallest absolute Gasteiger partial charge is 0.325 e. The van der Waals surface area contributed by atoms with Crippen molar-refractivity contribution < 1.29 is 28.7 Å². The monoisotopic (exact) mass is 445 g/mol. The van der Waals surface area contributed by atoms with Crippen molar-refractivity contribution in [2.45, 2.75) is 19.4 Å². The Balaban J connectivity index is 1.96. The molecule has 0 spiro atoms. The molecule has 172 valence electrons. The van der Waals surface area contributed by atoms with Crippen LogP contribution in [0, 0.1) is 10.1 Å². The van der Waals surface area contributed by atoms with Gasteiger partial charge < -0.3 is 24.4 Å². The summed E-state index contributed by atoms with van der Waals surface area (Å²) in [5.41, 5.74) is 1.48. The van der Waals surface area contributed by atoms with Gasteiger partial charge in [-0.25, -0.2) is 0 Å². The molecule has 2 aromatic carbocycles. The Hall–Kier alpha value is -3.82. The molecule has 0 fully saturated rings. The lowest BCUT2D eigenvalue weighted by molar-refractivity contribution is -0.384. The molecule has 0 atom stereocenters. The molecule has 0 aliphatic carbocycles. The molecule has 0 unspecified atom stereocenters. The third kappa shape index (κ3) is 7.46. The van der Waals surface area contributed by atoms with E-state index in [4.69, 9.17) is 14.2 Å². The third-order valence-electron chi connectivity index (χ3n) is 4.66. The van der Waals surface area contributed by atoms with Gasteiger partial charge in [0.25, 0.3) is 5.69 Å². The molecule has 0 bridgehead atoms. The number of benzene rings is 2. The maximum atomic E-state index is 12.8. The second-order valence-electron chi connectivity index (χ2n) is 6.88. The van der Waals surface area contributed by atoms with E-state index in [1.54, 1.807) is 30.3 Å². The number of nitrogens with one attached hydrogen (secondary N) is 1. The summed E-state index contributed by atoms with van der Waals surface area (Å²) >= 11 is 0. The summed E-state index contributed by atoms with van der Waals surface area (Å²) in [6.07, 6.45) is 0.715. The van der Waals surface area contributed by atoms with E-state index in [0.717, 1.165) is 11.3 Å². The van der Waals surface area contributed by atoms with E-state index in [-0.39, 0.29) is 31.1 Å². The number of rotatable bonds is 12. The molecule has 0 aliphatic rings. The van der Waals surface area contributed by atoms with Crippen LogP contribution in [0.2, 0.25) is 0 Å². The average molecular weight is 445 g/mol. The lowest BCUT2D eigenvalue weighted by atomic mass is 10.1. The van der Waals surface area contributed by atoms with Crippen molar-refractivity contribution in [3.8, 4) is 11.5 Å². The van der Waals surface area contributed by atoms with Gasteiger partial charge in [-0.05, 0) is 36.2 Å².